The molecule has 0 amide bonds. The molecule has 2 aromatic carbocycles. The number of anilines is 4. The number of hydrogen-bond donors (Lipinski definition) is 0. The van der Waals surface area contributed by atoms with E-state index in [4.69, 9.17) is 4.98 Å². The van der Waals surface area contributed by atoms with Crippen molar-refractivity contribution < 1.29 is 0 Å². The van der Waals surface area contributed by atoms with Crippen LogP contribution >= 0.6 is 0 Å². The number of allylic oxidation sites excluding steroid dienone is 1. The molecule has 0 saturated heterocycles. The van der Waals surface area contributed by atoms with Crippen LogP contribution in [-0.2, 0) is 5.41 Å². The molecule has 0 bridgehead atoms. The third-order valence-electron chi connectivity index (χ3n) is 7.56. The van der Waals surface area contributed by atoms with Gasteiger partial charge in [0.1, 0.15) is 18.2 Å². The average molecular weight is 397 g/mol. The molecule has 0 radical (unpaired) electrons. The molecule has 30 heavy (non-hydrogen) atoms. The van der Waals surface area contributed by atoms with Crippen LogP contribution in [0.5, 0.6) is 0 Å². The Balaban J connectivity index is 1.88. The summed E-state index contributed by atoms with van der Waals surface area (Å²) in [6, 6.07) is 19.4. The lowest BCUT2D eigenvalue weighted by molar-refractivity contribution is 0.120. The fourth-order valence-electron chi connectivity index (χ4n) is 5.90. The lowest BCUT2D eigenvalue weighted by Crippen LogP contribution is -2.62. The number of nitrogens with zero attached hydrogens (tertiary/aromatic N) is 4. The molecule has 4 nitrogen and oxygen atoms in total. The van der Waals surface area contributed by atoms with Crippen LogP contribution < -0.4 is 9.80 Å². The number of rotatable bonds is 4. The third kappa shape index (κ3) is 2.16. The topological polar surface area (TPSA) is 32.3 Å². The van der Waals surface area contributed by atoms with Gasteiger partial charge in [0.25, 0.3) is 0 Å². The average Bonchev–Trinajstić information content (AvgIpc) is 3.16. The summed E-state index contributed by atoms with van der Waals surface area (Å²) in [6.45, 7) is 11.4. The van der Waals surface area contributed by atoms with Crippen LogP contribution in [0.1, 0.15) is 39.2 Å². The Morgan fingerprint density at radius 2 is 1.70 bits per heavy atom. The largest absolute Gasteiger partial charge is 0.315 e. The van der Waals surface area contributed by atoms with Crippen molar-refractivity contribution >= 4 is 22.9 Å². The first-order valence-electron chi connectivity index (χ1n) is 10.8. The summed E-state index contributed by atoms with van der Waals surface area (Å²) in [7, 11) is 0. The van der Waals surface area contributed by atoms with Crippen LogP contribution in [0.2, 0.25) is 0 Å². The van der Waals surface area contributed by atoms with Crippen LogP contribution in [-0.4, -0.2) is 16.1 Å². The van der Waals surface area contributed by atoms with E-state index in [1.807, 2.05) is 6.20 Å². The number of fused-ring (bicyclic) bond motifs is 5. The second kappa shape index (κ2) is 6.69. The van der Waals surface area contributed by atoms with Gasteiger partial charge in [-0.25, -0.2) is 9.97 Å². The van der Waals surface area contributed by atoms with Crippen molar-refractivity contribution in [1.29, 1.82) is 0 Å². The van der Waals surface area contributed by atoms with Crippen LogP contribution in [0.25, 0.3) is 0 Å². The molecule has 0 fully saturated rings. The molecular formula is C26H28N4. The molecular weight excluding hydrogens is 368 g/mol. The number of hydrogen-bond acceptors (Lipinski definition) is 4. The minimum absolute atomic E-state index is 0.0736. The summed E-state index contributed by atoms with van der Waals surface area (Å²) in [4.78, 5) is 14.0. The van der Waals surface area contributed by atoms with E-state index in [0.717, 1.165) is 30.0 Å². The van der Waals surface area contributed by atoms with Gasteiger partial charge in [-0.3, -0.25) is 0 Å². The Bertz CT molecular complexity index is 1090. The van der Waals surface area contributed by atoms with E-state index in [2.05, 4.69) is 103 Å². The summed E-state index contributed by atoms with van der Waals surface area (Å²) < 4.78 is 0. The quantitative estimate of drug-likeness (QED) is 0.481. The monoisotopic (exact) mass is 396 g/mol. The molecule has 0 N–H and O–H groups in total. The van der Waals surface area contributed by atoms with Gasteiger partial charge in [-0.2, -0.15) is 0 Å². The highest BCUT2D eigenvalue weighted by Crippen LogP contribution is 2.64. The molecule has 5 rings (SSSR count). The van der Waals surface area contributed by atoms with Crippen molar-refractivity contribution in [3.63, 3.8) is 0 Å². The summed E-state index contributed by atoms with van der Waals surface area (Å²) >= 11 is 0. The standard InChI is InChI=1S/C26H28N4/c1-5-25(4)24-29(19-13-9-8-10-14-19)23-22(17-27-18-28-23)30(24)21-16-12-11-15-20(21)26(25,6-2)7-3/h6,8-18,24H,2,5,7H2,1,3-4H3. The van der Waals surface area contributed by atoms with E-state index >= 15 is 0 Å². The molecule has 3 heterocycles. The number of benzene rings is 2. The molecule has 152 valence electrons. The predicted molar refractivity (Wildman–Crippen MR) is 124 cm³/mol. The van der Waals surface area contributed by atoms with Gasteiger partial charge in [0.2, 0.25) is 0 Å². The Hall–Kier alpha value is -3.14. The molecule has 0 aliphatic carbocycles. The van der Waals surface area contributed by atoms with Crippen molar-refractivity contribution in [3.8, 4) is 0 Å². The van der Waals surface area contributed by atoms with Crippen LogP contribution in [0.4, 0.5) is 22.9 Å². The second-order valence-corrected chi connectivity index (χ2v) is 8.50. The van der Waals surface area contributed by atoms with E-state index in [1.165, 1.54) is 11.3 Å². The Kier molecular flexibility index (Phi) is 4.21. The Morgan fingerprint density at radius 3 is 2.40 bits per heavy atom. The summed E-state index contributed by atoms with van der Waals surface area (Å²) in [5, 5.41) is 0. The maximum Gasteiger partial charge on any atom is 0.162 e. The van der Waals surface area contributed by atoms with Crippen molar-refractivity contribution in [2.24, 2.45) is 5.41 Å². The van der Waals surface area contributed by atoms with Crippen LogP contribution in [0, 0.1) is 5.41 Å². The summed E-state index contributed by atoms with van der Waals surface area (Å²) in [6.07, 6.45) is 7.88. The molecule has 3 atom stereocenters. The minimum Gasteiger partial charge on any atom is -0.315 e. The van der Waals surface area contributed by atoms with Gasteiger partial charge in [-0.05, 0) is 36.6 Å². The van der Waals surface area contributed by atoms with Gasteiger partial charge in [0.15, 0.2) is 5.82 Å². The highest BCUT2D eigenvalue weighted by molar-refractivity contribution is 5.88. The normalized spacial score (nSPS) is 26.7. The molecule has 2 aliphatic heterocycles. The molecule has 4 heteroatoms. The zero-order valence-electron chi connectivity index (χ0n) is 17.9. The van der Waals surface area contributed by atoms with Gasteiger partial charge >= 0.3 is 0 Å². The smallest absolute Gasteiger partial charge is 0.162 e. The van der Waals surface area contributed by atoms with E-state index in [0.29, 0.717) is 0 Å². The molecule has 2 aliphatic rings. The lowest BCUT2D eigenvalue weighted by atomic mass is 9.54. The van der Waals surface area contributed by atoms with E-state index < -0.39 is 0 Å². The van der Waals surface area contributed by atoms with Gasteiger partial charge in [0, 0.05) is 22.2 Å². The number of aromatic nitrogens is 2. The first-order chi connectivity index (χ1) is 14.6. The Morgan fingerprint density at radius 1 is 0.967 bits per heavy atom. The summed E-state index contributed by atoms with van der Waals surface area (Å²) in [5.41, 5.74) is 4.53. The maximum absolute atomic E-state index is 4.76. The fourth-order valence-corrected chi connectivity index (χ4v) is 5.90. The molecule has 0 spiro atoms. The van der Waals surface area contributed by atoms with Crippen LogP contribution in [0.3, 0.4) is 0 Å². The van der Waals surface area contributed by atoms with Gasteiger partial charge in [0.05, 0.1) is 6.20 Å². The van der Waals surface area contributed by atoms with Crippen molar-refractivity contribution in [2.45, 2.75) is 45.2 Å². The zero-order chi connectivity index (χ0) is 20.9. The lowest BCUT2D eigenvalue weighted by Gasteiger charge is -2.59. The van der Waals surface area contributed by atoms with Gasteiger partial charge in [-0.1, -0.05) is 63.2 Å². The number of para-hydroxylation sites is 2. The van der Waals surface area contributed by atoms with E-state index in [-0.39, 0.29) is 17.0 Å². The first-order valence-corrected chi connectivity index (χ1v) is 10.8. The van der Waals surface area contributed by atoms with Crippen LogP contribution in [0.15, 0.2) is 79.8 Å². The van der Waals surface area contributed by atoms with Crippen molar-refractivity contribution in [3.05, 3.63) is 85.3 Å². The molecule has 3 aromatic rings. The van der Waals surface area contributed by atoms with Crippen molar-refractivity contribution in [1.82, 2.24) is 9.97 Å². The predicted octanol–water partition coefficient (Wildman–Crippen LogP) is 6.36. The SMILES string of the molecule is C=CC1(CC)c2ccccc2N2c3cncnc3N(c3ccccc3)C2C1(C)CC. The minimum atomic E-state index is -0.151. The zero-order valence-corrected chi connectivity index (χ0v) is 17.9. The van der Waals surface area contributed by atoms with E-state index in [9.17, 15) is 0 Å². The third-order valence-corrected chi connectivity index (χ3v) is 7.56. The maximum atomic E-state index is 4.76. The fraction of sp³-hybridized carbons (Fsp3) is 0.308. The van der Waals surface area contributed by atoms with Crippen molar-refractivity contribution in [2.75, 3.05) is 9.80 Å². The molecule has 3 unspecified atom stereocenters. The highest BCUT2D eigenvalue weighted by Gasteiger charge is 2.61. The Labute approximate surface area is 178 Å². The highest BCUT2D eigenvalue weighted by atomic mass is 15.5. The molecule has 0 saturated carbocycles. The van der Waals surface area contributed by atoms with E-state index in [1.54, 1.807) is 6.33 Å². The second-order valence-electron chi connectivity index (χ2n) is 8.50. The van der Waals surface area contributed by atoms with Gasteiger partial charge < -0.3 is 9.80 Å². The van der Waals surface area contributed by atoms with Gasteiger partial charge in [-0.15, -0.1) is 6.58 Å². The first kappa shape index (κ1) is 18.9. The molecule has 1 aromatic heterocycles. The summed E-state index contributed by atoms with van der Waals surface area (Å²) in [5.74, 6) is 0.964.